The van der Waals surface area contributed by atoms with Crippen molar-refractivity contribution in [2.45, 2.75) is 59.3 Å². The summed E-state index contributed by atoms with van der Waals surface area (Å²) in [6.45, 7) is 11.1. The Morgan fingerprint density at radius 3 is 2.48 bits per heavy atom. The predicted molar refractivity (Wildman–Crippen MR) is 171 cm³/mol. The van der Waals surface area contributed by atoms with Gasteiger partial charge >= 0.3 is 6.18 Å². The highest BCUT2D eigenvalue weighted by Crippen LogP contribution is 2.36. The van der Waals surface area contributed by atoms with Gasteiger partial charge in [0.25, 0.3) is 11.8 Å². The summed E-state index contributed by atoms with van der Waals surface area (Å²) < 4.78 is 39.8. The van der Waals surface area contributed by atoms with Crippen molar-refractivity contribution in [3.05, 3.63) is 85.7 Å². The van der Waals surface area contributed by atoms with Gasteiger partial charge in [0.05, 0.1) is 22.4 Å². The van der Waals surface area contributed by atoms with Crippen LogP contribution in [0.4, 0.5) is 18.2 Å². The molecule has 2 aromatic carbocycles. The first-order chi connectivity index (χ1) is 21.0. The van der Waals surface area contributed by atoms with E-state index in [2.05, 4.69) is 39.5 Å². The molecule has 12 heteroatoms. The number of nitrogens with zero attached hydrogens (tertiary/aromatic N) is 3. The number of benzene rings is 2. The zero-order valence-corrected chi connectivity index (χ0v) is 26.6. The van der Waals surface area contributed by atoms with Gasteiger partial charge in [-0.3, -0.25) is 19.4 Å². The normalized spacial score (nSPS) is 14.4. The van der Waals surface area contributed by atoms with Crippen molar-refractivity contribution in [1.29, 1.82) is 0 Å². The summed E-state index contributed by atoms with van der Waals surface area (Å²) in [5.41, 5.74) is 4.05. The van der Waals surface area contributed by atoms with Crippen LogP contribution in [0.2, 0.25) is 5.02 Å². The van der Waals surface area contributed by atoms with E-state index < -0.39 is 22.7 Å². The van der Waals surface area contributed by atoms with Crippen molar-refractivity contribution in [1.82, 2.24) is 15.2 Å². The van der Waals surface area contributed by atoms with E-state index in [-0.39, 0.29) is 17.0 Å². The number of nitrogens with one attached hydrogen (secondary N) is 2. The molecule has 236 valence electrons. The van der Waals surface area contributed by atoms with E-state index in [0.29, 0.717) is 17.1 Å². The van der Waals surface area contributed by atoms with E-state index in [0.717, 1.165) is 79.9 Å². The lowest BCUT2D eigenvalue weighted by Crippen LogP contribution is -2.29. The van der Waals surface area contributed by atoms with Gasteiger partial charge in [-0.2, -0.15) is 18.3 Å². The molecular formula is C32H37ClF3N5O2S. The van der Waals surface area contributed by atoms with E-state index in [4.69, 9.17) is 11.6 Å². The minimum atomic E-state index is -4.62. The number of likely N-dealkylation sites (tertiary alicyclic amines) is 1. The first-order valence-electron chi connectivity index (χ1n) is 14.7. The van der Waals surface area contributed by atoms with Crippen molar-refractivity contribution >= 4 is 46.0 Å². The smallest absolute Gasteiger partial charge is 0.313 e. The summed E-state index contributed by atoms with van der Waals surface area (Å²) in [6, 6.07) is 10.8. The Bertz CT molecular complexity index is 1500. The van der Waals surface area contributed by atoms with E-state index >= 15 is 0 Å². The first kappa shape index (κ1) is 33.6. The second kappa shape index (κ2) is 15.2. The molecule has 7 nitrogen and oxygen atoms in total. The van der Waals surface area contributed by atoms with Crippen LogP contribution in [-0.2, 0) is 19.3 Å². The second-order valence-corrected chi connectivity index (χ2v) is 12.3. The molecule has 0 bridgehead atoms. The van der Waals surface area contributed by atoms with E-state index in [1.807, 2.05) is 25.1 Å². The molecule has 3 aromatic rings. The zero-order chi connectivity index (χ0) is 31.9. The largest absolute Gasteiger partial charge is 0.417 e. The van der Waals surface area contributed by atoms with Crippen LogP contribution in [-0.4, -0.2) is 54.0 Å². The van der Waals surface area contributed by atoms with Gasteiger partial charge in [-0.1, -0.05) is 50.1 Å². The highest BCUT2D eigenvalue weighted by molar-refractivity contribution is 7.17. The number of halogens is 4. The monoisotopic (exact) mass is 647 g/mol. The molecule has 4 rings (SSSR count). The molecule has 1 aliphatic heterocycles. The molecule has 2 amide bonds. The SMILES string of the molecule is CCN(CC)Cc1cccc(C(=O)Nc2sc(CN3CCCCC3)c(C)c2C(=O)N/N=C/c2ccc(Cl)c(C(F)(F)F)c2)c1. The number of thiophene rings is 1. The summed E-state index contributed by atoms with van der Waals surface area (Å²) in [5, 5.41) is 6.83. The van der Waals surface area contributed by atoms with Crippen LogP contribution < -0.4 is 10.7 Å². The number of carbonyl (C=O) groups excluding carboxylic acids is 2. The van der Waals surface area contributed by atoms with Gasteiger partial charge in [-0.15, -0.1) is 11.3 Å². The van der Waals surface area contributed by atoms with Gasteiger partial charge in [-0.25, -0.2) is 5.43 Å². The molecule has 1 saturated heterocycles. The molecule has 0 unspecified atom stereocenters. The molecule has 2 heterocycles. The number of hydrazone groups is 1. The Labute approximate surface area is 265 Å². The maximum Gasteiger partial charge on any atom is 0.417 e. The Morgan fingerprint density at radius 2 is 1.80 bits per heavy atom. The molecule has 0 atom stereocenters. The standard InChI is InChI=1S/C32H37ClF3N5O2S/c1-4-40(5-2)19-23-10-9-11-24(16-23)29(42)38-31-28(21(3)27(44-31)20-41-14-7-6-8-15-41)30(43)39-37-18-22-12-13-26(33)25(17-22)32(34,35)36/h9-13,16-18H,4-8,14-15,19-20H2,1-3H3,(H,38,42)(H,39,43)/b37-18+. The van der Waals surface area contributed by atoms with Crippen molar-refractivity contribution < 1.29 is 22.8 Å². The lowest BCUT2D eigenvalue weighted by atomic mass is 10.1. The van der Waals surface area contributed by atoms with Gasteiger partial charge in [0.1, 0.15) is 5.00 Å². The predicted octanol–water partition coefficient (Wildman–Crippen LogP) is 7.57. The summed E-state index contributed by atoms with van der Waals surface area (Å²) in [4.78, 5) is 32.4. The maximum atomic E-state index is 13.4. The average Bonchev–Trinajstić information content (AvgIpc) is 3.30. The zero-order valence-electron chi connectivity index (χ0n) is 25.1. The third-order valence-electron chi connectivity index (χ3n) is 7.68. The molecule has 0 spiro atoms. The fourth-order valence-corrected chi connectivity index (χ4v) is 6.61. The average molecular weight is 648 g/mol. The van der Waals surface area contributed by atoms with E-state index in [1.165, 1.54) is 23.8 Å². The van der Waals surface area contributed by atoms with Crippen LogP contribution >= 0.6 is 22.9 Å². The highest BCUT2D eigenvalue weighted by atomic mass is 35.5. The van der Waals surface area contributed by atoms with Crippen molar-refractivity contribution in [3.63, 3.8) is 0 Å². The Balaban J connectivity index is 1.58. The van der Waals surface area contributed by atoms with Crippen LogP contribution in [0.1, 0.15) is 81.0 Å². The lowest BCUT2D eigenvalue weighted by Gasteiger charge is -2.26. The minimum Gasteiger partial charge on any atom is -0.313 e. The van der Waals surface area contributed by atoms with Gasteiger partial charge in [0, 0.05) is 23.5 Å². The van der Waals surface area contributed by atoms with Crippen LogP contribution in [0.5, 0.6) is 0 Å². The number of piperidine rings is 1. The van der Waals surface area contributed by atoms with Crippen LogP contribution in [0.3, 0.4) is 0 Å². The molecular weight excluding hydrogens is 611 g/mol. The van der Waals surface area contributed by atoms with Crippen LogP contribution in [0, 0.1) is 6.92 Å². The van der Waals surface area contributed by atoms with E-state index in [9.17, 15) is 22.8 Å². The Kier molecular flexibility index (Phi) is 11.6. The Hall–Kier alpha value is -3.25. The molecule has 1 aromatic heterocycles. The second-order valence-electron chi connectivity index (χ2n) is 10.7. The Morgan fingerprint density at radius 1 is 1.07 bits per heavy atom. The van der Waals surface area contributed by atoms with Crippen molar-refractivity contribution in [2.75, 3.05) is 31.5 Å². The molecule has 2 N–H and O–H groups in total. The van der Waals surface area contributed by atoms with Crippen molar-refractivity contribution in [3.8, 4) is 0 Å². The molecule has 0 aliphatic carbocycles. The topological polar surface area (TPSA) is 77.0 Å². The van der Waals surface area contributed by atoms with Crippen molar-refractivity contribution in [2.24, 2.45) is 5.10 Å². The number of carbonyl (C=O) groups is 2. The number of rotatable bonds is 11. The maximum absolute atomic E-state index is 13.4. The number of hydrogen-bond donors (Lipinski definition) is 2. The minimum absolute atomic E-state index is 0.118. The number of hydrogen-bond acceptors (Lipinski definition) is 6. The number of alkyl halides is 3. The van der Waals surface area contributed by atoms with E-state index in [1.54, 1.807) is 6.07 Å². The van der Waals surface area contributed by atoms with Gasteiger partial charge < -0.3 is 5.32 Å². The number of amides is 2. The third kappa shape index (κ3) is 8.68. The highest BCUT2D eigenvalue weighted by Gasteiger charge is 2.33. The molecule has 0 radical (unpaired) electrons. The summed E-state index contributed by atoms with van der Waals surface area (Å²) >= 11 is 7.06. The summed E-state index contributed by atoms with van der Waals surface area (Å²) in [6.07, 6.45) is -0.0835. The van der Waals surface area contributed by atoms with Gasteiger partial charge in [-0.05, 0) is 86.9 Å². The number of anilines is 1. The molecule has 1 fully saturated rings. The molecule has 0 saturated carbocycles. The first-order valence-corrected chi connectivity index (χ1v) is 15.9. The lowest BCUT2D eigenvalue weighted by molar-refractivity contribution is -0.137. The van der Waals surface area contributed by atoms with Gasteiger partial charge in [0.15, 0.2) is 0 Å². The van der Waals surface area contributed by atoms with Crippen LogP contribution in [0.15, 0.2) is 47.6 Å². The van der Waals surface area contributed by atoms with Gasteiger partial charge in [0.2, 0.25) is 0 Å². The molecule has 1 aliphatic rings. The fraction of sp³-hybridized carbons (Fsp3) is 0.406. The van der Waals surface area contributed by atoms with Crippen LogP contribution in [0.25, 0.3) is 0 Å². The summed E-state index contributed by atoms with van der Waals surface area (Å²) in [5.74, 6) is -0.911. The summed E-state index contributed by atoms with van der Waals surface area (Å²) in [7, 11) is 0. The molecule has 44 heavy (non-hydrogen) atoms. The quantitative estimate of drug-likeness (QED) is 0.166. The third-order valence-corrected chi connectivity index (χ3v) is 9.20. The fourth-order valence-electron chi connectivity index (χ4n) is 5.15.